The van der Waals surface area contributed by atoms with Gasteiger partial charge in [-0.3, -0.25) is 0 Å². The minimum atomic E-state index is 0.798. The van der Waals surface area contributed by atoms with Crippen molar-refractivity contribution in [1.82, 2.24) is 9.80 Å². The SMILES string of the molecule is CC.CN1CCN(CCCCl)CC1. The molecule has 0 atom stereocenters. The van der Waals surface area contributed by atoms with E-state index in [9.17, 15) is 0 Å². The predicted molar refractivity (Wildman–Crippen MR) is 60.6 cm³/mol. The number of nitrogens with zero attached hydrogens (tertiary/aromatic N) is 2. The molecule has 0 spiro atoms. The molecule has 0 aromatic carbocycles. The summed E-state index contributed by atoms with van der Waals surface area (Å²) in [6.07, 6.45) is 1.13. The van der Waals surface area contributed by atoms with E-state index in [-0.39, 0.29) is 0 Å². The Morgan fingerprint density at radius 2 is 1.62 bits per heavy atom. The summed E-state index contributed by atoms with van der Waals surface area (Å²) in [7, 11) is 2.18. The van der Waals surface area contributed by atoms with Crippen molar-refractivity contribution in [2.75, 3.05) is 45.7 Å². The van der Waals surface area contributed by atoms with Crippen molar-refractivity contribution >= 4 is 11.6 Å². The van der Waals surface area contributed by atoms with Crippen molar-refractivity contribution in [3.8, 4) is 0 Å². The fraction of sp³-hybridized carbons (Fsp3) is 1.00. The highest BCUT2D eigenvalue weighted by Gasteiger charge is 2.12. The van der Waals surface area contributed by atoms with Gasteiger partial charge in [0.2, 0.25) is 0 Å². The first-order chi connectivity index (χ1) is 6.33. The topological polar surface area (TPSA) is 6.48 Å². The van der Waals surface area contributed by atoms with Crippen molar-refractivity contribution in [2.24, 2.45) is 0 Å². The van der Waals surface area contributed by atoms with Gasteiger partial charge in [0.25, 0.3) is 0 Å². The molecule has 0 N–H and O–H groups in total. The Bertz CT molecular complexity index is 98.3. The molecule has 0 saturated carbocycles. The molecule has 0 aromatic rings. The van der Waals surface area contributed by atoms with Crippen LogP contribution in [0, 0.1) is 0 Å². The third kappa shape index (κ3) is 6.30. The van der Waals surface area contributed by atoms with Gasteiger partial charge in [-0.1, -0.05) is 13.8 Å². The van der Waals surface area contributed by atoms with Gasteiger partial charge in [-0.15, -0.1) is 11.6 Å². The number of hydrogen-bond donors (Lipinski definition) is 0. The Balaban J connectivity index is 0.000000671. The molecular weight excluding hydrogens is 184 g/mol. The number of likely N-dealkylation sites (N-methyl/N-ethyl adjacent to an activating group) is 1. The van der Waals surface area contributed by atoms with Gasteiger partial charge in [-0.25, -0.2) is 0 Å². The summed E-state index contributed by atoms with van der Waals surface area (Å²) in [4.78, 5) is 4.86. The summed E-state index contributed by atoms with van der Waals surface area (Å²) in [5.41, 5.74) is 0. The van der Waals surface area contributed by atoms with E-state index in [0.29, 0.717) is 0 Å². The number of rotatable bonds is 3. The zero-order valence-electron chi connectivity index (χ0n) is 9.22. The van der Waals surface area contributed by atoms with E-state index in [2.05, 4.69) is 16.8 Å². The number of alkyl halides is 1. The van der Waals surface area contributed by atoms with Gasteiger partial charge >= 0.3 is 0 Å². The zero-order chi connectivity index (χ0) is 10.1. The molecular formula is C10H23ClN2. The minimum absolute atomic E-state index is 0.798. The molecule has 1 saturated heterocycles. The van der Waals surface area contributed by atoms with Crippen LogP contribution in [0.2, 0.25) is 0 Å². The molecule has 13 heavy (non-hydrogen) atoms. The Kier molecular flexibility index (Phi) is 8.93. The second-order valence-electron chi connectivity index (χ2n) is 3.19. The smallest absolute Gasteiger partial charge is 0.0235 e. The Morgan fingerprint density at radius 1 is 1.08 bits per heavy atom. The largest absolute Gasteiger partial charge is 0.304 e. The van der Waals surface area contributed by atoms with Crippen LogP contribution in [-0.2, 0) is 0 Å². The van der Waals surface area contributed by atoms with Crippen molar-refractivity contribution in [2.45, 2.75) is 20.3 Å². The molecule has 1 aliphatic rings. The quantitative estimate of drug-likeness (QED) is 0.651. The summed E-state index contributed by atoms with van der Waals surface area (Å²) in [5.74, 6) is 0.798. The molecule has 0 aliphatic carbocycles. The molecule has 1 heterocycles. The fourth-order valence-electron chi connectivity index (χ4n) is 1.35. The second-order valence-corrected chi connectivity index (χ2v) is 3.57. The number of halogens is 1. The van der Waals surface area contributed by atoms with Gasteiger partial charge in [-0.05, 0) is 20.0 Å². The summed E-state index contributed by atoms with van der Waals surface area (Å²) in [5, 5.41) is 0. The van der Waals surface area contributed by atoms with Crippen LogP contribution in [0.3, 0.4) is 0 Å². The van der Waals surface area contributed by atoms with Gasteiger partial charge < -0.3 is 9.80 Å². The van der Waals surface area contributed by atoms with Gasteiger partial charge in [0.15, 0.2) is 0 Å². The van der Waals surface area contributed by atoms with Crippen molar-refractivity contribution in [3.63, 3.8) is 0 Å². The third-order valence-corrected chi connectivity index (χ3v) is 2.47. The molecule has 0 bridgehead atoms. The minimum Gasteiger partial charge on any atom is -0.304 e. The van der Waals surface area contributed by atoms with E-state index in [1.165, 1.54) is 32.7 Å². The lowest BCUT2D eigenvalue weighted by Crippen LogP contribution is -2.44. The first kappa shape index (κ1) is 13.2. The number of hydrogen-bond acceptors (Lipinski definition) is 2. The Hall–Kier alpha value is 0.210. The molecule has 0 unspecified atom stereocenters. The first-order valence-corrected chi connectivity index (χ1v) is 5.83. The molecule has 0 amide bonds. The monoisotopic (exact) mass is 206 g/mol. The van der Waals surface area contributed by atoms with Crippen LogP contribution < -0.4 is 0 Å². The lowest BCUT2D eigenvalue weighted by atomic mass is 10.3. The van der Waals surface area contributed by atoms with Crippen LogP contribution in [0.15, 0.2) is 0 Å². The normalized spacial score (nSPS) is 19.4. The van der Waals surface area contributed by atoms with Crippen molar-refractivity contribution in [3.05, 3.63) is 0 Å². The average molecular weight is 207 g/mol. The summed E-state index contributed by atoms with van der Waals surface area (Å²) in [6.45, 7) is 10.0. The zero-order valence-corrected chi connectivity index (χ0v) is 9.98. The van der Waals surface area contributed by atoms with E-state index < -0.39 is 0 Å². The van der Waals surface area contributed by atoms with Crippen molar-refractivity contribution in [1.29, 1.82) is 0 Å². The summed E-state index contributed by atoms with van der Waals surface area (Å²) >= 11 is 5.61. The third-order valence-electron chi connectivity index (χ3n) is 2.20. The lowest BCUT2D eigenvalue weighted by Gasteiger charge is -2.32. The second kappa shape index (κ2) is 8.79. The van der Waals surface area contributed by atoms with Crippen LogP contribution in [0.25, 0.3) is 0 Å². The molecule has 0 aromatic heterocycles. The van der Waals surface area contributed by atoms with Gasteiger partial charge in [-0.2, -0.15) is 0 Å². The molecule has 1 aliphatic heterocycles. The maximum absolute atomic E-state index is 5.61. The van der Waals surface area contributed by atoms with Crippen LogP contribution >= 0.6 is 11.6 Å². The lowest BCUT2D eigenvalue weighted by molar-refractivity contribution is 0.154. The molecule has 3 heteroatoms. The summed E-state index contributed by atoms with van der Waals surface area (Å²) < 4.78 is 0. The van der Waals surface area contributed by atoms with Crippen LogP contribution in [0.5, 0.6) is 0 Å². The van der Waals surface area contributed by atoms with Gasteiger partial charge in [0.05, 0.1) is 0 Å². The maximum Gasteiger partial charge on any atom is 0.0235 e. The fourth-order valence-corrected chi connectivity index (χ4v) is 1.47. The van der Waals surface area contributed by atoms with E-state index in [1.54, 1.807) is 0 Å². The van der Waals surface area contributed by atoms with Crippen LogP contribution in [0.1, 0.15) is 20.3 Å². The highest BCUT2D eigenvalue weighted by atomic mass is 35.5. The molecule has 80 valence electrons. The highest BCUT2D eigenvalue weighted by Crippen LogP contribution is 2.00. The highest BCUT2D eigenvalue weighted by molar-refractivity contribution is 6.17. The van der Waals surface area contributed by atoms with E-state index in [4.69, 9.17) is 11.6 Å². The average Bonchev–Trinajstić information content (AvgIpc) is 2.20. The van der Waals surface area contributed by atoms with E-state index >= 15 is 0 Å². The molecule has 1 rings (SSSR count). The molecule has 2 nitrogen and oxygen atoms in total. The first-order valence-electron chi connectivity index (χ1n) is 5.30. The standard InChI is InChI=1S/C8H17ClN2.C2H6/c1-10-5-7-11(8-6-10)4-2-3-9;1-2/h2-8H2,1H3;1-2H3. The molecule has 0 radical (unpaired) electrons. The van der Waals surface area contributed by atoms with Gasteiger partial charge in [0.1, 0.15) is 0 Å². The molecule has 1 fully saturated rings. The van der Waals surface area contributed by atoms with E-state index in [1.807, 2.05) is 13.8 Å². The Labute approximate surface area is 87.8 Å². The van der Waals surface area contributed by atoms with Crippen molar-refractivity contribution < 1.29 is 0 Å². The predicted octanol–water partition coefficient (Wildman–Crippen LogP) is 1.89. The number of piperazine rings is 1. The maximum atomic E-state index is 5.61. The van der Waals surface area contributed by atoms with Crippen LogP contribution in [-0.4, -0.2) is 55.5 Å². The summed E-state index contributed by atoms with van der Waals surface area (Å²) in [6, 6.07) is 0. The Morgan fingerprint density at radius 3 is 2.08 bits per heavy atom. The van der Waals surface area contributed by atoms with E-state index in [0.717, 1.165) is 12.3 Å². The van der Waals surface area contributed by atoms with Crippen LogP contribution in [0.4, 0.5) is 0 Å². The van der Waals surface area contributed by atoms with Gasteiger partial charge in [0, 0.05) is 32.1 Å².